The quantitative estimate of drug-likeness (QED) is 0.667. The van der Waals surface area contributed by atoms with Crippen molar-refractivity contribution in [3.63, 3.8) is 0 Å². The van der Waals surface area contributed by atoms with Crippen molar-refractivity contribution in [1.82, 2.24) is 0 Å². The molecular weight excluding hydrogens is 352 g/mol. The standard InChI is InChI=1S/C23H20N2O3/c1-23(2,3)22(28)24-15-10-12-16(13-11-15)25-20(26)17-8-4-6-14-7-5-9-18(19(14)17)21(25)27/h4-13H,1-3H3,(H,24,28). The lowest BCUT2D eigenvalue weighted by Gasteiger charge is -2.27. The molecule has 28 heavy (non-hydrogen) atoms. The minimum absolute atomic E-state index is 0.106. The van der Waals surface area contributed by atoms with Crippen molar-refractivity contribution >= 4 is 39.9 Å². The van der Waals surface area contributed by atoms with E-state index in [1.807, 2.05) is 45.0 Å². The molecule has 1 N–H and O–H groups in total. The van der Waals surface area contributed by atoms with Gasteiger partial charge in [0.15, 0.2) is 0 Å². The summed E-state index contributed by atoms with van der Waals surface area (Å²) in [6.45, 7) is 5.50. The van der Waals surface area contributed by atoms with Crippen LogP contribution in [0.15, 0.2) is 60.7 Å². The zero-order valence-corrected chi connectivity index (χ0v) is 15.9. The van der Waals surface area contributed by atoms with Gasteiger partial charge in [0.2, 0.25) is 5.91 Å². The maximum absolute atomic E-state index is 13.0. The fourth-order valence-corrected chi connectivity index (χ4v) is 3.28. The lowest BCUT2D eigenvalue weighted by molar-refractivity contribution is -0.123. The van der Waals surface area contributed by atoms with E-state index < -0.39 is 5.41 Å². The van der Waals surface area contributed by atoms with Crippen molar-refractivity contribution in [2.24, 2.45) is 5.41 Å². The molecule has 140 valence electrons. The van der Waals surface area contributed by atoms with Crippen LogP contribution in [-0.4, -0.2) is 17.7 Å². The fraction of sp³-hybridized carbons (Fsp3) is 0.174. The number of imide groups is 1. The van der Waals surface area contributed by atoms with Gasteiger partial charge in [-0.3, -0.25) is 14.4 Å². The van der Waals surface area contributed by atoms with Crippen LogP contribution in [0, 0.1) is 5.41 Å². The molecular formula is C23H20N2O3. The molecule has 1 aliphatic rings. The first-order valence-corrected chi connectivity index (χ1v) is 9.09. The average Bonchev–Trinajstić information content (AvgIpc) is 2.66. The van der Waals surface area contributed by atoms with Crippen LogP contribution in [-0.2, 0) is 4.79 Å². The smallest absolute Gasteiger partial charge is 0.265 e. The highest BCUT2D eigenvalue weighted by Gasteiger charge is 2.33. The van der Waals surface area contributed by atoms with E-state index in [1.54, 1.807) is 36.4 Å². The number of hydrogen-bond donors (Lipinski definition) is 1. The highest BCUT2D eigenvalue weighted by atomic mass is 16.2. The first-order valence-electron chi connectivity index (χ1n) is 9.09. The third kappa shape index (κ3) is 2.85. The van der Waals surface area contributed by atoms with Crippen molar-refractivity contribution in [3.8, 4) is 0 Å². The predicted molar refractivity (Wildman–Crippen MR) is 110 cm³/mol. The molecule has 0 aliphatic carbocycles. The van der Waals surface area contributed by atoms with Gasteiger partial charge in [0, 0.05) is 27.6 Å². The van der Waals surface area contributed by atoms with Crippen LogP contribution in [0.1, 0.15) is 41.5 Å². The summed E-state index contributed by atoms with van der Waals surface area (Å²) in [5.41, 5.74) is 1.59. The molecule has 0 spiro atoms. The van der Waals surface area contributed by atoms with Crippen molar-refractivity contribution in [3.05, 3.63) is 71.8 Å². The number of nitrogens with zero attached hydrogens (tertiary/aromatic N) is 1. The number of benzene rings is 3. The Morgan fingerprint density at radius 2 is 1.36 bits per heavy atom. The van der Waals surface area contributed by atoms with Crippen LogP contribution in [0.2, 0.25) is 0 Å². The van der Waals surface area contributed by atoms with Crippen molar-refractivity contribution < 1.29 is 14.4 Å². The maximum Gasteiger partial charge on any atom is 0.265 e. The number of amides is 3. The molecule has 5 nitrogen and oxygen atoms in total. The Balaban J connectivity index is 1.70. The van der Waals surface area contributed by atoms with Crippen LogP contribution in [0.25, 0.3) is 10.8 Å². The van der Waals surface area contributed by atoms with Crippen LogP contribution >= 0.6 is 0 Å². The topological polar surface area (TPSA) is 66.5 Å². The Morgan fingerprint density at radius 3 is 1.86 bits per heavy atom. The minimum Gasteiger partial charge on any atom is -0.326 e. The van der Waals surface area contributed by atoms with Gasteiger partial charge in [-0.05, 0) is 41.8 Å². The third-order valence-electron chi connectivity index (χ3n) is 4.84. The number of carbonyl (C=O) groups is 3. The first-order chi connectivity index (χ1) is 13.3. The molecule has 0 atom stereocenters. The SMILES string of the molecule is CC(C)(C)C(=O)Nc1ccc(N2C(=O)c3cccc4cccc(c34)C2=O)cc1. The van der Waals surface area contributed by atoms with Gasteiger partial charge in [-0.25, -0.2) is 4.90 Å². The summed E-state index contributed by atoms with van der Waals surface area (Å²) in [6.07, 6.45) is 0. The van der Waals surface area contributed by atoms with Crippen LogP contribution < -0.4 is 10.2 Å². The highest BCUT2D eigenvalue weighted by Crippen LogP contribution is 2.33. The summed E-state index contributed by atoms with van der Waals surface area (Å²) >= 11 is 0. The molecule has 0 fully saturated rings. The minimum atomic E-state index is -0.514. The molecule has 0 unspecified atom stereocenters. The molecule has 0 bridgehead atoms. The van der Waals surface area contributed by atoms with Gasteiger partial charge >= 0.3 is 0 Å². The van der Waals surface area contributed by atoms with Crippen LogP contribution in [0.5, 0.6) is 0 Å². The summed E-state index contributed by atoms with van der Waals surface area (Å²) in [5.74, 6) is -0.799. The molecule has 4 rings (SSSR count). The molecule has 0 aromatic heterocycles. The largest absolute Gasteiger partial charge is 0.326 e. The monoisotopic (exact) mass is 372 g/mol. The van der Waals surface area contributed by atoms with Gasteiger partial charge in [0.25, 0.3) is 11.8 Å². The van der Waals surface area contributed by atoms with Crippen molar-refractivity contribution in [2.75, 3.05) is 10.2 Å². The van der Waals surface area contributed by atoms with Gasteiger partial charge in [-0.2, -0.15) is 0 Å². The zero-order valence-electron chi connectivity index (χ0n) is 15.9. The number of carbonyl (C=O) groups excluding carboxylic acids is 3. The lowest BCUT2D eigenvalue weighted by atomic mass is 9.93. The molecule has 1 aliphatic heterocycles. The maximum atomic E-state index is 13.0. The molecule has 3 aromatic carbocycles. The summed E-state index contributed by atoms with van der Waals surface area (Å²) in [7, 11) is 0. The second kappa shape index (κ2) is 6.30. The molecule has 0 saturated carbocycles. The van der Waals surface area contributed by atoms with Gasteiger partial charge in [0.05, 0.1) is 5.69 Å². The van der Waals surface area contributed by atoms with E-state index in [1.165, 1.54) is 4.90 Å². The number of hydrogen-bond acceptors (Lipinski definition) is 3. The van der Waals surface area contributed by atoms with E-state index in [0.29, 0.717) is 27.9 Å². The lowest BCUT2D eigenvalue weighted by Crippen LogP contribution is -2.40. The van der Waals surface area contributed by atoms with Gasteiger partial charge < -0.3 is 5.32 Å². The van der Waals surface area contributed by atoms with Crippen LogP contribution in [0.3, 0.4) is 0 Å². The Bertz CT molecular complexity index is 1070. The Morgan fingerprint density at radius 1 is 0.821 bits per heavy atom. The zero-order chi connectivity index (χ0) is 20.1. The second-order valence-corrected chi connectivity index (χ2v) is 7.91. The highest BCUT2D eigenvalue weighted by molar-refractivity contribution is 6.35. The fourth-order valence-electron chi connectivity index (χ4n) is 3.28. The van der Waals surface area contributed by atoms with E-state index in [2.05, 4.69) is 5.32 Å². The normalized spacial score (nSPS) is 13.8. The molecule has 3 aromatic rings. The predicted octanol–water partition coefficient (Wildman–Crippen LogP) is 4.63. The summed E-state index contributed by atoms with van der Waals surface area (Å²) in [5, 5.41) is 4.41. The van der Waals surface area contributed by atoms with E-state index in [-0.39, 0.29) is 17.7 Å². The average molecular weight is 372 g/mol. The number of rotatable bonds is 2. The molecule has 0 radical (unpaired) electrons. The van der Waals surface area contributed by atoms with Gasteiger partial charge in [-0.1, -0.05) is 45.0 Å². The Kier molecular flexibility index (Phi) is 4.03. The number of nitrogens with one attached hydrogen (secondary N) is 1. The molecule has 3 amide bonds. The molecule has 0 saturated heterocycles. The van der Waals surface area contributed by atoms with E-state index in [9.17, 15) is 14.4 Å². The Labute approximate surface area is 163 Å². The van der Waals surface area contributed by atoms with Crippen LogP contribution in [0.4, 0.5) is 11.4 Å². The summed E-state index contributed by atoms with van der Waals surface area (Å²) in [6, 6.07) is 17.6. The van der Waals surface area contributed by atoms with E-state index in [4.69, 9.17) is 0 Å². The summed E-state index contributed by atoms with van der Waals surface area (Å²) < 4.78 is 0. The van der Waals surface area contributed by atoms with Gasteiger partial charge in [-0.15, -0.1) is 0 Å². The van der Waals surface area contributed by atoms with Gasteiger partial charge in [0.1, 0.15) is 0 Å². The summed E-state index contributed by atoms with van der Waals surface area (Å²) in [4.78, 5) is 39.4. The van der Waals surface area contributed by atoms with E-state index in [0.717, 1.165) is 5.39 Å². The van der Waals surface area contributed by atoms with Crippen molar-refractivity contribution in [1.29, 1.82) is 0 Å². The molecule has 5 heteroatoms. The first kappa shape index (κ1) is 17.9. The second-order valence-electron chi connectivity index (χ2n) is 7.91. The molecule has 1 heterocycles. The van der Waals surface area contributed by atoms with E-state index >= 15 is 0 Å². The third-order valence-corrected chi connectivity index (χ3v) is 4.84. The van der Waals surface area contributed by atoms with Crippen molar-refractivity contribution in [2.45, 2.75) is 20.8 Å². The Hall–Kier alpha value is -3.47. The number of anilines is 2.